The molecule has 5 heteroatoms. The van der Waals surface area contributed by atoms with Crippen molar-refractivity contribution in [2.45, 2.75) is 19.1 Å². The molecule has 0 aromatic rings. The van der Waals surface area contributed by atoms with E-state index in [0.29, 0.717) is 19.7 Å². The zero-order valence-electron chi connectivity index (χ0n) is 7.16. The van der Waals surface area contributed by atoms with E-state index in [0.717, 1.165) is 0 Å². The lowest BCUT2D eigenvalue weighted by Gasteiger charge is -2.14. The number of aliphatic hydroxyl groups excluding tert-OH is 1. The summed E-state index contributed by atoms with van der Waals surface area (Å²) in [7, 11) is 0. The van der Waals surface area contributed by atoms with E-state index >= 15 is 0 Å². The van der Waals surface area contributed by atoms with E-state index in [4.69, 9.17) is 15.9 Å². The Morgan fingerprint density at radius 3 is 2.83 bits per heavy atom. The third-order valence-electron chi connectivity index (χ3n) is 1.96. The Hall–Kier alpha value is -0.810. The van der Waals surface area contributed by atoms with E-state index in [1.165, 1.54) is 0 Å². The van der Waals surface area contributed by atoms with E-state index in [1.54, 1.807) is 4.90 Å². The SMILES string of the molecule is CCO[C@H]1CN(C(=N)N)C[C@H]1O. The van der Waals surface area contributed by atoms with Gasteiger partial charge in [-0.05, 0) is 6.92 Å². The summed E-state index contributed by atoms with van der Waals surface area (Å²) in [6, 6.07) is 0. The lowest BCUT2D eigenvalue weighted by atomic mass is 10.3. The summed E-state index contributed by atoms with van der Waals surface area (Å²) in [6.45, 7) is 3.38. The number of nitrogens with one attached hydrogen (secondary N) is 1. The molecule has 0 spiro atoms. The van der Waals surface area contributed by atoms with Crippen LogP contribution in [0.15, 0.2) is 0 Å². The Kier molecular flexibility index (Phi) is 2.88. The first-order chi connectivity index (χ1) is 5.65. The fourth-order valence-corrected chi connectivity index (χ4v) is 1.33. The minimum atomic E-state index is -0.520. The van der Waals surface area contributed by atoms with Gasteiger partial charge in [0.25, 0.3) is 0 Å². The highest BCUT2D eigenvalue weighted by Crippen LogP contribution is 2.12. The zero-order valence-corrected chi connectivity index (χ0v) is 7.16. The molecule has 4 N–H and O–H groups in total. The summed E-state index contributed by atoms with van der Waals surface area (Å²) in [5, 5.41) is 16.6. The van der Waals surface area contributed by atoms with E-state index in [1.807, 2.05) is 6.92 Å². The predicted molar refractivity (Wildman–Crippen MR) is 44.9 cm³/mol. The van der Waals surface area contributed by atoms with Gasteiger partial charge in [0.1, 0.15) is 6.10 Å². The first-order valence-corrected chi connectivity index (χ1v) is 4.03. The summed E-state index contributed by atoms with van der Waals surface area (Å²) in [6.07, 6.45) is -0.715. The lowest BCUT2D eigenvalue weighted by molar-refractivity contribution is -0.00220. The largest absolute Gasteiger partial charge is 0.388 e. The zero-order chi connectivity index (χ0) is 9.14. The number of aliphatic hydroxyl groups is 1. The van der Waals surface area contributed by atoms with Crippen molar-refractivity contribution in [2.24, 2.45) is 5.73 Å². The Morgan fingerprint density at radius 1 is 1.75 bits per heavy atom. The van der Waals surface area contributed by atoms with Gasteiger partial charge in [-0.15, -0.1) is 0 Å². The minimum Gasteiger partial charge on any atom is -0.388 e. The Bertz CT molecular complexity index is 174. The number of hydrogen-bond donors (Lipinski definition) is 3. The highest BCUT2D eigenvalue weighted by atomic mass is 16.5. The van der Waals surface area contributed by atoms with Crippen molar-refractivity contribution in [3.05, 3.63) is 0 Å². The van der Waals surface area contributed by atoms with Crippen LogP contribution in [0.3, 0.4) is 0 Å². The fourth-order valence-electron chi connectivity index (χ4n) is 1.33. The van der Waals surface area contributed by atoms with Crippen LogP contribution in [0.2, 0.25) is 0 Å². The van der Waals surface area contributed by atoms with Gasteiger partial charge < -0.3 is 20.5 Å². The maximum atomic E-state index is 9.42. The van der Waals surface area contributed by atoms with Crippen LogP contribution in [0.5, 0.6) is 0 Å². The third-order valence-corrected chi connectivity index (χ3v) is 1.96. The first kappa shape index (κ1) is 9.28. The molecular weight excluding hydrogens is 158 g/mol. The van der Waals surface area contributed by atoms with E-state index in [-0.39, 0.29) is 12.1 Å². The van der Waals surface area contributed by atoms with Gasteiger partial charge in [0.2, 0.25) is 0 Å². The molecule has 1 saturated heterocycles. The summed E-state index contributed by atoms with van der Waals surface area (Å²) in [5.41, 5.74) is 5.26. The van der Waals surface area contributed by atoms with Gasteiger partial charge in [-0.1, -0.05) is 0 Å². The smallest absolute Gasteiger partial charge is 0.188 e. The Balaban J connectivity index is 2.44. The number of likely N-dealkylation sites (tertiary alicyclic amines) is 1. The summed E-state index contributed by atoms with van der Waals surface area (Å²) >= 11 is 0. The van der Waals surface area contributed by atoms with Crippen LogP contribution in [-0.2, 0) is 4.74 Å². The molecule has 0 amide bonds. The molecule has 0 radical (unpaired) electrons. The molecule has 0 aliphatic carbocycles. The molecule has 0 aromatic heterocycles. The second-order valence-corrected chi connectivity index (χ2v) is 2.85. The van der Waals surface area contributed by atoms with Crippen LogP contribution >= 0.6 is 0 Å². The lowest BCUT2D eigenvalue weighted by Crippen LogP contribution is -2.35. The number of nitrogens with zero attached hydrogens (tertiary/aromatic N) is 1. The van der Waals surface area contributed by atoms with Gasteiger partial charge in [0.05, 0.1) is 6.10 Å². The molecule has 0 saturated carbocycles. The minimum absolute atomic E-state index is 0.00347. The average molecular weight is 173 g/mol. The van der Waals surface area contributed by atoms with Gasteiger partial charge in [-0.3, -0.25) is 5.41 Å². The van der Waals surface area contributed by atoms with Crippen LogP contribution in [0.4, 0.5) is 0 Å². The first-order valence-electron chi connectivity index (χ1n) is 4.03. The summed E-state index contributed by atoms with van der Waals surface area (Å²) in [4.78, 5) is 1.60. The molecule has 0 aromatic carbocycles. The van der Waals surface area contributed by atoms with Gasteiger partial charge in [0, 0.05) is 19.7 Å². The predicted octanol–water partition coefficient (Wildman–Crippen LogP) is -1.04. The van der Waals surface area contributed by atoms with Crippen molar-refractivity contribution in [1.29, 1.82) is 5.41 Å². The standard InChI is InChI=1S/C7H15N3O2/c1-2-12-6-4-10(7(8)9)3-5(6)11/h5-6,11H,2-4H2,1H3,(H3,8,9)/t5-,6+/m1/s1. The van der Waals surface area contributed by atoms with Gasteiger partial charge in [0.15, 0.2) is 5.96 Å². The molecular formula is C7H15N3O2. The number of β-amino-alcohol motifs (C(OH)–C–C–N with tert-alkyl or cyclic N) is 1. The second kappa shape index (κ2) is 3.73. The van der Waals surface area contributed by atoms with E-state index in [9.17, 15) is 5.11 Å². The van der Waals surface area contributed by atoms with Crippen molar-refractivity contribution in [3.63, 3.8) is 0 Å². The maximum absolute atomic E-state index is 9.42. The number of ether oxygens (including phenoxy) is 1. The average Bonchev–Trinajstić information content (AvgIpc) is 2.34. The van der Waals surface area contributed by atoms with Gasteiger partial charge in [-0.25, -0.2) is 0 Å². The molecule has 1 fully saturated rings. The van der Waals surface area contributed by atoms with Crippen molar-refractivity contribution in [1.82, 2.24) is 4.90 Å². The van der Waals surface area contributed by atoms with Crippen LogP contribution in [0.25, 0.3) is 0 Å². The molecule has 5 nitrogen and oxygen atoms in total. The number of hydrogen-bond acceptors (Lipinski definition) is 3. The molecule has 1 aliphatic rings. The monoisotopic (exact) mass is 173 g/mol. The maximum Gasteiger partial charge on any atom is 0.188 e. The van der Waals surface area contributed by atoms with Crippen molar-refractivity contribution < 1.29 is 9.84 Å². The molecule has 70 valence electrons. The van der Waals surface area contributed by atoms with Crippen LogP contribution in [0, 0.1) is 5.41 Å². The van der Waals surface area contributed by atoms with Crippen molar-refractivity contribution in [3.8, 4) is 0 Å². The van der Waals surface area contributed by atoms with Crippen molar-refractivity contribution >= 4 is 5.96 Å². The quantitative estimate of drug-likeness (QED) is 0.368. The molecule has 1 heterocycles. The Morgan fingerprint density at radius 2 is 2.42 bits per heavy atom. The van der Waals surface area contributed by atoms with Crippen LogP contribution in [0.1, 0.15) is 6.92 Å². The number of nitrogens with two attached hydrogens (primary N) is 1. The van der Waals surface area contributed by atoms with Gasteiger partial charge in [-0.2, -0.15) is 0 Å². The fraction of sp³-hybridized carbons (Fsp3) is 0.857. The summed E-state index contributed by atoms with van der Waals surface area (Å²) < 4.78 is 5.25. The molecule has 1 aliphatic heterocycles. The molecule has 1 rings (SSSR count). The molecule has 0 unspecified atom stereocenters. The number of guanidine groups is 1. The molecule has 2 atom stereocenters. The van der Waals surface area contributed by atoms with Crippen LogP contribution < -0.4 is 5.73 Å². The van der Waals surface area contributed by atoms with Gasteiger partial charge >= 0.3 is 0 Å². The second-order valence-electron chi connectivity index (χ2n) is 2.85. The normalized spacial score (nSPS) is 29.3. The van der Waals surface area contributed by atoms with Crippen LogP contribution in [-0.4, -0.2) is 47.9 Å². The molecule has 12 heavy (non-hydrogen) atoms. The number of rotatable bonds is 2. The highest BCUT2D eigenvalue weighted by Gasteiger charge is 2.32. The molecule has 0 bridgehead atoms. The highest BCUT2D eigenvalue weighted by molar-refractivity contribution is 5.75. The third kappa shape index (κ3) is 1.86. The van der Waals surface area contributed by atoms with E-state index in [2.05, 4.69) is 0 Å². The van der Waals surface area contributed by atoms with E-state index < -0.39 is 6.10 Å². The topological polar surface area (TPSA) is 82.6 Å². The summed E-state index contributed by atoms with van der Waals surface area (Å²) in [5.74, 6) is -0.00347. The Labute approximate surface area is 71.6 Å². The van der Waals surface area contributed by atoms with Crippen molar-refractivity contribution in [2.75, 3.05) is 19.7 Å².